The van der Waals surface area contributed by atoms with E-state index in [2.05, 4.69) is 5.32 Å². The summed E-state index contributed by atoms with van der Waals surface area (Å²) in [6.07, 6.45) is 0.723. The third-order valence-corrected chi connectivity index (χ3v) is 3.72. The van der Waals surface area contributed by atoms with E-state index in [9.17, 15) is 14.4 Å². The minimum Gasteiger partial charge on any atom is -0.378 e. The molecule has 1 heterocycles. The molecule has 1 fully saturated rings. The van der Waals surface area contributed by atoms with E-state index >= 15 is 0 Å². The lowest BCUT2D eigenvalue weighted by Crippen LogP contribution is -2.49. The molecule has 1 aliphatic rings. The van der Waals surface area contributed by atoms with Gasteiger partial charge in [0.05, 0.1) is 19.8 Å². The maximum absolute atomic E-state index is 12.4. The number of hydrogen-bond donors (Lipinski definition) is 1. The first-order valence-corrected chi connectivity index (χ1v) is 8.13. The van der Waals surface area contributed by atoms with Crippen molar-refractivity contribution in [2.75, 3.05) is 44.3 Å². The van der Waals surface area contributed by atoms with E-state index in [4.69, 9.17) is 4.74 Å². The molecule has 1 saturated heterocycles. The summed E-state index contributed by atoms with van der Waals surface area (Å²) in [5, 5.41) is 2.43. The molecule has 0 radical (unpaired) electrons. The lowest BCUT2D eigenvalue weighted by molar-refractivity contribution is -0.140. The van der Waals surface area contributed by atoms with Gasteiger partial charge in [0, 0.05) is 25.3 Å². The number of amides is 3. The molecule has 1 aromatic rings. The molecule has 0 spiro atoms. The third-order valence-electron chi connectivity index (χ3n) is 3.72. The van der Waals surface area contributed by atoms with Gasteiger partial charge in [-0.25, -0.2) is 0 Å². The van der Waals surface area contributed by atoms with Gasteiger partial charge in [-0.1, -0.05) is 25.1 Å². The van der Waals surface area contributed by atoms with E-state index in [1.165, 1.54) is 4.90 Å². The highest BCUT2D eigenvalue weighted by molar-refractivity contribution is 6.40. The highest BCUT2D eigenvalue weighted by atomic mass is 16.5. The van der Waals surface area contributed by atoms with Crippen LogP contribution in [0.15, 0.2) is 30.3 Å². The largest absolute Gasteiger partial charge is 0.378 e. The summed E-state index contributed by atoms with van der Waals surface area (Å²) < 4.78 is 5.18. The lowest BCUT2D eigenvalue weighted by Gasteiger charge is -2.27. The van der Waals surface area contributed by atoms with Crippen molar-refractivity contribution in [3.05, 3.63) is 30.3 Å². The van der Waals surface area contributed by atoms with Crippen LogP contribution in [-0.4, -0.2) is 62.0 Å². The van der Waals surface area contributed by atoms with Crippen molar-refractivity contribution >= 4 is 23.4 Å². The van der Waals surface area contributed by atoms with Crippen LogP contribution in [0.4, 0.5) is 5.69 Å². The van der Waals surface area contributed by atoms with Crippen molar-refractivity contribution < 1.29 is 19.1 Å². The summed E-state index contributed by atoms with van der Waals surface area (Å²) >= 11 is 0. The van der Waals surface area contributed by atoms with Gasteiger partial charge in [0.1, 0.15) is 0 Å². The van der Waals surface area contributed by atoms with Gasteiger partial charge >= 0.3 is 11.8 Å². The van der Waals surface area contributed by atoms with Crippen LogP contribution < -0.4 is 10.2 Å². The van der Waals surface area contributed by atoms with Gasteiger partial charge in [-0.05, 0) is 18.6 Å². The molecule has 1 N–H and O–H groups in total. The first kappa shape index (κ1) is 17.9. The van der Waals surface area contributed by atoms with Crippen LogP contribution in [-0.2, 0) is 19.1 Å². The van der Waals surface area contributed by atoms with E-state index in [1.807, 2.05) is 25.1 Å². The molecule has 24 heavy (non-hydrogen) atoms. The van der Waals surface area contributed by atoms with Crippen LogP contribution in [0.25, 0.3) is 0 Å². The Balaban J connectivity index is 1.92. The second kappa shape index (κ2) is 9.02. The molecule has 0 saturated carbocycles. The summed E-state index contributed by atoms with van der Waals surface area (Å²) in [6.45, 7) is 4.20. The molecule has 0 aromatic heterocycles. The van der Waals surface area contributed by atoms with Crippen LogP contribution in [0, 0.1) is 0 Å². The van der Waals surface area contributed by atoms with Crippen LogP contribution in [0.3, 0.4) is 0 Å². The fourth-order valence-electron chi connectivity index (χ4n) is 2.46. The molecule has 0 atom stereocenters. The number of morpholine rings is 1. The zero-order chi connectivity index (χ0) is 17.4. The Morgan fingerprint density at radius 1 is 1.17 bits per heavy atom. The van der Waals surface area contributed by atoms with Crippen molar-refractivity contribution in [1.29, 1.82) is 0 Å². The van der Waals surface area contributed by atoms with Gasteiger partial charge in [0.15, 0.2) is 0 Å². The second-order valence-corrected chi connectivity index (χ2v) is 5.47. The average Bonchev–Trinajstić information content (AvgIpc) is 2.64. The van der Waals surface area contributed by atoms with Crippen molar-refractivity contribution in [3.8, 4) is 0 Å². The topological polar surface area (TPSA) is 79.0 Å². The summed E-state index contributed by atoms with van der Waals surface area (Å²) in [6, 6.07) is 9.02. The molecule has 2 rings (SSSR count). The summed E-state index contributed by atoms with van der Waals surface area (Å²) in [7, 11) is 0. The van der Waals surface area contributed by atoms with Crippen molar-refractivity contribution in [1.82, 2.24) is 10.2 Å². The van der Waals surface area contributed by atoms with Crippen LogP contribution in [0.2, 0.25) is 0 Å². The lowest BCUT2D eigenvalue weighted by atomic mass is 10.2. The smallest absolute Gasteiger partial charge is 0.316 e. The number of rotatable bonds is 5. The molecule has 0 aliphatic carbocycles. The van der Waals surface area contributed by atoms with Crippen molar-refractivity contribution in [2.45, 2.75) is 13.3 Å². The van der Waals surface area contributed by atoms with E-state index in [0.717, 1.165) is 6.42 Å². The van der Waals surface area contributed by atoms with Gasteiger partial charge in [0.2, 0.25) is 5.91 Å². The first-order valence-electron chi connectivity index (χ1n) is 8.13. The normalized spacial score (nSPS) is 14.1. The SMILES string of the molecule is CCCN(C(=O)C(=O)NCC(=O)N1CCOCC1)c1ccccc1. The fourth-order valence-corrected chi connectivity index (χ4v) is 2.46. The summed E-state index contributed by atoms with van der Waals surface area (Å²) in [5.74, 6) is -1.63. The minimum atomic E-state index is -0.770. The predicted octanol–water partition coefficient (Wildman–Crippen LogP) is 0.405. The predicted molar refractivity (Wildman–Crippen MR) is 89.5 cm³/mol. The number of nitrogens with zero attached hydrogens (tertiary/aromatic N) is 2. The maximum Gasteiger partial charge on any atom is 0.316 e. The Bertz CT molecular complexity index is 570. The Morgan fingerprint density at radius 3 is 2.46 bits per heavy atom. The molecule has 130 valence electrons. The number of ether oxygens (including phenoxy) is 1. The van der Waals surface area contributed by atoms with E-state index in [0.29, 0.717) is 38.5 Å². The van der Waals surface area contributed by atoms with Gasteiger partial charge in [-0.15, -0.1) is 0 Å². The number of benzene rings is 1. The number of carbonyl (C=O) groups excluding carboxylic acids is 3. The summed E-state index contributed by atoms with van der Waals surface area (Å²) in [5.41, 5.74) is 0.666. The molecule has 0 unspecified atom stereocenters. The number of para-hydroxylation sites is 1. The van der Waals surface area contributed by atoms with E-state index in [-0.39, 0.29) is 12.5 Å². The molecule has 7 nitrogen and oxygen atoms in total. The van der Waals surface area contributed by atoms with Gasteiger partial charge in [0.25, 0.3) is 0 Å². The number of anilines is 1. The van der Waals surface area contributed by atoms with Gasteiger partial charge in [-0.2, -0.15) is 0 Å². The zero-order valence-electron chi connectivity index (χ0n) is 13.9. The second-order valence-electron chi connectivity index (χ2n) is 5.47. The Labute approximate surface area is 141 Å². The Kier molecular flexibility index (Phi) is 6.74. The monoisotopic (exact) mass is 333 g/mol. The molecule has 1 aromatic carbocycles. The molecular weight excluding hydrogens is 310 g/mol. The molecular formula is C17H23N3O4. The highest BCUT2D eigenvalue weighted by Crippen LogP contribution is 2.13. The molecule has 0 bridgehead atoms. The number of hydrogen-bond acceptors (Lipinski definition) is 4. The van der Waals surface area contributed by atoms with Gasteiger partial charge < -0.3 is 19.9 Å². The molecule has 7 heteroatoms. The van der Waals surface area contributed by atoms with E-state index in [1.54, 1.807) is 17.0 Å². The van der Waals surface area contributed by atoms with Crippen LogP contribution in [0.5, 0.6) is 0 Å². The average molecular weight is 333 g/mol. The standard InChI is InChI=1S/C17H23N3O4/c1-2-8-20(14-6-4-3-5-7-14)17(23)16(22)18-13-15(21)19-9-11-24-12-10-19/h3-7H,2,8-13H2,1H3,(H,18,22). The van der Waals surface area contributed by atoms with Crippen molar-refractivity contribution in [2.24, 2.45) is 0 Å². The third kappa shape index (κ3) is 4.79. The first-order chi connectivity index (χ1) is 11.6. The Hall–Kier alpha value is -2.41. The fraction of sp³-hybridized carbons (Fsp3) is 0.471. The quantitative estimate of drug-likeness (QED) is 0.792. The number of nitrogens with one attached hydrogen (secondary N) is 1. The molecule has 1 aliphatic heterocycles. The summed E-state index contributed by atoms with van der Waals surface area (Å²) in [4.78, 5) is 39.6. The van der Waals surface area contributed by atoms with Crippen molar-refractivity contribution in [3.63, 3.8) is 0 Å². The van der Waals surface area contributed by atoms with Crippen LogP contribution in [0.1, 0.15) is 13.3 Å². The minimum absolute atomic E-state index is 0.181. The van der Waals surface area contributed by atoms with Crippen LogP contribution >= 0.6 is 0 Å². The zero-order valence-corrected chi connectivity index (χ0v) is 13.9. The van der Waals surface area contributed by atoms with Gasteiger partial charge in [-0.3, -0.25) is 14.4 Å². The molecule has 3 amide bonds. The Morgan fingerprint density at radius 2 is 1.83 bits per heavy atom. The number of carbonyl (C=O) groups is 3. The maximum atomic E-state index is 12.4. The highest BCUT2D eigenvalue weighted by Gasteiger charge is 2.24. The van der Waals surface area contributed by atoms with E-state index < -0.39 is 11.8 Å².